The number of hydrogen-bond donors (Lipinski definition) is 3. The van der Waals surface area contributed by atoms with E-state index in [0.29, 0.717) is 36.7 Å². The molecule has 3 N–H and O–H groups in total. The molecule has 4 aromatic rings. The van der Waals surface area contributed by atoms with Crippen molar-refractivity contribution in [2.45, 2.75) is 13.0 Å². The first-order chi connectivity index (χ1) is 16.1. The third-order valence-electron chi connectivity index (χ3n) is 4.93. The number of imidazole rings is 1. The molecule has 0 saturated heterocycles. The molecule has 1 aromatic heterocycles. The number of carbonyl (C=O) groups is 1. The smallest absolute Gasteiger partial charge is 0.319 e. The first-order valence-electron chi connectivity index (χ1n) is 10.4. The second-order valence-corrected chi connectivity index (χ2v) is 7.34. The zero-order valence-electron chi connectivity index (χ0n) is 17.7. The summed E-state index contributed by atoms with van der Waals surface area (Å²) >= 11 is 0. The lowest BCUT2D eigenvalue weighted by molar-refractivity contribution is 0.252. The number of rotatable bonds is 8. The van der Waals surface area contributed by atoms with Gasteiger partial charge in [-0.25, -0.2) is 14.2 Å². The highest BCUT2D eigenvalue weighted by atomic mass is 19.1. The van der Waals surface area contributed by atoms with Gasteiger partial charge in [0.15, 0.2) is 17.2 Å². The molecule has 0 radical (unpaired) electrons. The number of para-hydroxylation sites is 4. The molecule has 0 aliphatic rings. The number of phenols is 1. The highest BCUT2D eigenvalue weighted by Crippen LogP contribution is 2.34. The molecule has 0 bridgehead atoms. The highest BCUT2D eigenvalue weighted by Gasteiger charge is 2.11. The third-order valence-corrected chi connectivity index (χ3v) is 4.93. The third kappa shape index (κ3) is 5.88. The van der Waals surface area contributed by atoms with Gasteiger partial charge in [-0.15, -0.1) is 0 Å². The highest BCUT2D eigenvalue weighted by molar-refractivity contribution is 5.91. The Labute approximate surface area is 190 Å². The second-order valence-electron chi connectivity index (χ2n) is 7.34. The summed E-state index contributed by atoms with van der Waals surface area (Å²) < 4.78 is 21.1. The zero-order chi connectivity index (χ0) is 23.0. The number of nitrogens with zero attached hydrogens (tertiary/aromatic N) is 2. The number of anilines is 1. The normalized spacial score (nSPS) is 10.6. The molecule has 0 unspecified atom stereocenters. The van der Waals surface area contributed by atoms with Crippen LogP contribution in [0.15, 0.2) is 85.3 Å². The van der Waals surface area contributed by atoms with Crippen LogP contribution in [0.1, 0.15) is 11.3 Å². The standard InChI is InChI=1S/C25H23FN4O3/c26-19-7-5-6-18(14-19)16-30-17-27-15-20(30)12-13-28-25(32)29-21-8-1-3-10-23(21)33-24-11-4-2-9-22(24)31/h1-11,14-15,17,31H,12-13,16H2,(H2,28,29,32). The maximum atomic E-state index is 13.4. The number of aromatic nitrogens is 2. The van der Waals surface area contributed by atoms with E-state index in [4.69, 9.17) is 4.74 Å². The Balaban J connectivity index is 1.32. The van der Waals surface area contributed by atoms with Crippen molar-refractivity contribution in [2.75, 3.05) is 11.9 Å². The lowest BCUT2D eigenvalue weighted by Gasteiger charge is -2.14. The van der Waals surface area contributed by atoms with Crippen LogP contribution in [0.3, 0.4) is 0 Å². The van der Waals surface area contributed by atoms with Crippen molar-refractivity contribution in [1.82, 2.24) is 14.9 Å². The fourth-order valence-electron chi connectivity index (χ4n) is 3.32. The van der Waals surface area contributed by atoms with Gasteiger partial charge in [-0.2, -0.15) is 0 Å². The molecule has 0 spiro atoms. The van der Waals surface area contributed by atoms with Crippen molar-refractivity contribution in [3.63, 3.8) is 0 Å². The Bertz CT molecular complexity index is 1240. The molecule has 0 fully saturated rings. The number of nitrogens with one attached hydrogen (secondary N) is 2. The van der Waals surface area contributed by atoms with Crippen LogP contribution in [0.2, 0.25) is 0 Å². The van der Waals surface area contributed by atoms with Crippen molar-refractivity contribution < 1.29 is 19.0 Å². The molecule has 4 rings (SSSR count). The van der Waals surface area contributed by atoms with Crippen molar-refractivity contribution in [1.29, 1.82) is 0 Å². The first kappa shape index (κ1) is 21.9. The minimum atomic E-state index is -0.389. The average molecular weight is 446 g/mol. The molecule has 168 valence electrons. The van der Waals surface area contributed by atoms with Crippen LogP contribution < -0.4 is 15.4 Å². The Morgan fingerprint density at radius 3 is 2.64 bits per heavy atom. The Hall–Kier alpha value is -4.33. The van der Waals surface area contributed by atoms with E-state index < -0.39 is 0 Å². The summed E-state index contributed by atoms with van der Waals surface area (Å²) in [5, 5.41) is 15.5. The molecular formula is C25H23FN4O3. The van der Waals surface area contributed by atoms with E-state index in [9.17, 15) is 14.3 Å². The molecule has 0 saturated carbocycles. The lowest BCUT2D eigenvalue weighted by atomic mass is 10.2. The van der Waals surface area contributed by atoms with Crippen molar-refractivity contribution >= 4 is 11.7 Å². The van der Waals surface area contributed by atoms with Gasteiger partial charge in [-0.3, -0.25) is 0 Å². The Kier molecular flexibility index (Phi) is 6.84. The molecular weight excluding hydrogens is 423 g/mol. The Morgan fingerprint density at radius 2 is 1.82 bits per heavy atom. The quantitative estimate of drug-likeness (QED) is 0.358. The molecule has 0 atom stereocenters. The molecule has 0 aliphatic carbocycles. The van der Waals surface area contributed by atoms with Crippen LogP contribution in [0.4, 0.5) is 14.9 Å². The van der Waals surface area contributed by atoms with Crippen molar-refractivity contribution in [3.8, 4) is 17.2 Å². The van der Waals surface area contributed by atoms with Gasteiger partial charge in [-0.05, 0) is 42.0 Å². The maximum Gasteiger partial charge on any atom is 0.319 e. The largest absolute Gasteiger partial charge is 0.504 e. The number of carbonyl (C=O) groups excluding carboxylic acids is 1. The predicted octanol–water partition coefficient (Wildman–Crippen LogP) is 4.93. The van der Waals surface area contributed by atoms with Crippen LogP contribution in [0.5, 0.6) is 17.2 Å². The van der Waals surface area contributed by atoms with E-state index >= 15 is 0 Å². The summed E-state index contributed by atoms with van der Waals surface area (Å²) in [6, 6.07) is 19.6. The summed E-state index contributed by atoms with van der Waals surface area (Å²) in [7, 11) is 0. The van der Waals surface area contributed by atoms with Gasteiger partial charge in [0.25, 0.3) is 0 Å². The van der Waals surface area contributed by atoms with Gasteiger partial charge in [0.2, 0.25) is 0 Å². The summed E-state index contributed by atoms with van der Waals surface area (Å²) in [5.41, 5.74) is 2.22. The van der Waals surface area contributed by atoms with E-state index in [1.807, 2.05) is 10.6 Å². The van der Waals surface area contributed by atoms with Gasteiger partial charge < -0.3 is 25.0 Å². The minimum absolute atomic E-state index is 0.00612. The Morgan fingerprint density at radius 1 is 1.03 bits per heavy atom. The number of phenolic OH excluding ortho intramolecular Hbond substituents is 1. The molecule has 2 amide bonds. The van der Waals surface area contributed by atoms with Crippen molar-refractivity contribution in [2.24, 2.45) is 0 Å². The van der Waals surface area contributed by atoms with E-state index in [2.05, 4.69) is 15.6 Å². The molecule has 33 heavy (non-hydrogen) atoms. The first-order valence-corrected chi connectivity index (χ1v) is 10.4. The van der Waals surface area contributed by atoms with Gasteiger partial charge in [0, 0.05) is 31.4 Å². The number of halogens is 1. The van der Waals surface area contributed by atoms with Crippen LogP contribution in [-0.2, 0) is 13.0 Å². The fourth-order valence-corrected chi connectivity index (χ4v) is 3.32. The molecule has 3 aromatic carbocycles. The number of urea groups is 1. The van der Waals surface area contributed by atoms with E-state index in [-0.39, 0.29) is 17.6 Å². The summed E-state index contributed by atoms with van der Waals surface area (Å²) in [6.07, 6.45) is 3.97. The fraction of sp³-hybridized carbons (Fsp3) is 0.120. The summed E-state index contributed by atoms with van der Waals surface area (Å²) in [6.45, 7) is 0.875. The monoisotopic (exact) mass is 446 g/mol. The van der Waals surface area contributed by atoms with Gasteiger partial charge >= 0.3 is 6.03 Å². The number of aromatic hydroxyl groups is 1. The average Bonchev–Trinajstić information content (AvgIpc) is 3.23. The minimum Gasteiger partial charge on any atom is -0.504 e. The SMILES string of the molecule is O=C(NCCc1cncn1Cc1cccc(F)c1)Nc1ccccc1Oc1ccccc1O. The number of benzene rings is 3. The zero-order valence-corrected chi connectivity index (χ0v) is 17.7. The lowest BCUT2D eigenvalue weighted by Crippen LogP contribution is -2.30. The molecule has 7 nitrogen and oxygen atoms in total. The molecule has 0 aliphatic heterocycles. The summed E-state index contributed by atoms with van der Waals surface area (Å²) in [5.74, 6) is 0.423. The number of amides is 2. The number of ether oxygens (including phenoxy) is 1. The van der Waals surface area contributed by atoms with Crippen molar-refractivity contribution in [3.05, 3.63) is 102 Å². The summed E-state index contributed by atoms with van der Waals surface area (Å²) in [4.78, 5) is 16.6. The second kappa shape index (κ2) is 10.3. The molecule has 8 heteroatoms. The predicted molar refractivity (Wildman–Crippen MR) is 123 cm³/mol. The van der Waals surface area contributed by atoms with Crippen LogP contribution in [0, 0.1) is 5.82 Å². The topological polar surface area (TPSA) is 88.4 Å². The molecule has 1 heterocycles. The van der Waals surface area contributed by atoms with Crippen LogP contribution in [-0.4, -0.2) is 27.2 Å². The van der Waals surface area contributed by atoms with Gasteiger partial charge in [0.05, 0.1) is 12.0 Å². The van der Waals surface area contributed by atoms with Gasteiger partial charge in [-0.1, -0.05) is 36.4 Å². The number of hydrogen-bond acceptors (Lipinski definition) is 4. The van der Waals surface area contributed by atoms with Crippen LogP contribution >= 0.6 is 0 Å². The van der Waals surface area contributed by atoms with Gasteiger partial charge in [0.1, 0.15) is 5.82 Å². The van der Waals surface area contributed by atoms with E-state index in [0.717, 1.165) is 11.3 Å². The van der Waals surface area contributed by atoms with E-state index in [1.54, 1.807) is 61.1 Å². The maximum absolute atomic E-state index is 13.4. The van der Waals surface area contributed by atoms with E-state index in [1.165, 1.54) is 18.2 Å². The van der Waals surface area contributed by atoms with Crippen LogP contribution in [0.25, 0.3) is 0 Å².